The van der Waals surface area contributed by atoms with Crippen LogP contribution in [0.3, 0.4) is 0 Å². The third-order valence-electron chi connectivity index (χ3n) is 4.42. The molecule has 2 aromatic heterocycles. The maximum atomic E-state index is 13.0. The van der Waals surface area contributed by atoms with E-state index in [2.05, 4.69) is 10.3 Å². The largest absolute Gasteiger partial charge is 0.376 e. The number of hydrogen-bond donors (Lipinski definition) is 1. The van der Waals surface area contributed by atoms with E-state index in [1.54, 1.807) is 24.3 Å². The summed E-state index contributed by atoms with van der Waals surface area (Å²) in [5, 5.41) is 5.80. The summed E-state index contributed by atoms with van der Waals surface area (Å²) in [6, 6.07) is 8.81. The van der Waals surface area contributed by atoms with E-state index in [-0.39, 0.29) is 23.3 Å². The molecule has 3 heterocycles. The number of fused-ring (bicyclic) bond motifs is 1. The Kier molecular flexibility index (Phi) is 6.01. The Labute approximate surface area is 174 Å². The van der Waals surface area contributed by atoms with Gasteiger partial charge in [0, 0.05) is 18.2 Å². The molecule has 28 heavy (non-hydrogen) atoms. The van der Waals surface area contributed by atoms with E-state index < -0.39 is 0 Å². The second-order valence-corrected chi connectivity index (χ2v) is 8.67. The molecule has 1 aromatic carbocycles. The van der Waals surface area contributed by atoms with Gasteiger partial charge in [0.2, 0.25) is 5.91 Å². The van der Waals surface area contributed by atoms with Crippen LogP contribution < -0.4 is 10.9 Å². The van der Waals surface area contributed by atoms with Gasteiger partial charge in [-0.15, -0.1) is 11.3 Å². The second kappa shape index (κ2) is 8.65. The lowest BCUT2D eigenvalue weighted by atomic mass is 10.2. The predicted octanol–water partition coefficient (Wildman–Crippen LogP) is 3.49. The molecule has 0 aliphatic carbocycles. The van der Waals surface area contributed by atoms with Gasteiger partial charge in [-0.3, -0.25) is 14.2 Å². The quantitative estimate of drug-likeness (QED) is 0.474. The van der Waals surface area contributed by atoms with Crippen molar-refractivity contribution in [2.24, 2.45) is 0 Å². The zero-order valence-corrected chi connectivity index (χ0v) is 17.3. The van der Waals surface area contributed by atoms with E-state index in [4.69, 9.17) is 16.3 Å². The van der Waals surface area contributed by atoms with Crippen LogP contribution in [0.1, 0.15) is 12.8 Å². The molecule has 1 saturated heterocycles. The lowest BCUT2D eigenvalue weighted by molar-refractivity contribution is -0.119. The van der Waals surface area contributed by atoms with E-state index in [1.165, 1.54) is 27.7 Å². The molecule has 1 N–H and O–H groups in total. The predicted molar refractivity (Wildman–Crippen MR) is 113 cm³/mol. The monoisotopic (exact) mass is 435 g/mol. The van der Waals surface area contributed by atoms with Crippen molar-refractivity contribution >= 4 is 50.8 Å². The number of halogens is 1. The highest BCUT2D eigenvalue weighted by atomic mass is 35.5. The number of rotatable bonds is 6. The first-order valence-corrected chi connectivity index (χ1v) is 11.1. The average Bonchev–Trinajstić information content (AvgIpc) is 3.37. The molecule has 6 nitrogen and oxygen atoms in total. The molecule has 1 amide bonds. The van der Waals surface area contributed by atoms with E-state index in [1.807, 2.05) is 11.4 Å². The molecule has 0 bridgehead atoms. The van der Waals surface area contributed by atoms with E-state index in [9.17, 15) is 9.59 Å². The van der Waals surface area contributed by atoms with Crippen molar-refractivity contribution in [2.75, 3.05) is 18.9 Å². The van der Waals surface area contributed by atoms with Gasteiger partial charge in [-0.05, 0) is 48.6 Å². The highest BCUT2D eigenvalue weighted by Gasteiger charge is 2.18. The van der Waals surface area contributed by atoms with Crippen molar-refractivity contribution < 1.29 is 9.53 Å². The number of aromatic nitrogens is 2. The standard InChI is InChI=1S/C19H18ClN3O3S2/c20-12-3-5-13(6-4-12)23-18(25)17-15(7-9-27-17)22-19(23)28-11-16(24)21-10-14-2-1-8-26-14/h3-7,9,14H,1-2,8,10-11H2,(H,21,24). The summed E-state index contributed by atoms with van der Waals surface area (Å²) in [7, 11) is 0. The third kappa shape index (κ3) is 4.25. The summed E-state index contributed by atoms with van der Waals surface area (Å²) < 4.78 is 7.64. The highest BCUT2D eigenvalue weighted by Crippen LogP contribution is 2.24. The number of ether oxygens (including phenoxy) is 1. The smallest absolute Gasteiger partial charge is 0.276 e. The Hall–Kier alpha value is -1.87. The second-order valence-electron chi connectivity index (χ2n) is 6.37. The molecule has 3 aromatic rings. The number of benzene rings is 1. The Morgan fingerprint density at radius 1 is 1.36 bits per heavy atom. The van der Waals surface area contributed by atoms with Gasteiger partial charge in [0.15, 0.2) is 5.16 Å². The van der Waals surface area contributed by atoms with Crippen LogP contribution >= 0.6 is 34.7 Å². The van der Waals surface area contributed by atoms with E-state index >= 15 is 0 Å². The SMILES string of the molecule is O=C(CSc1nc2ccsc2c(=O)n1-c1ccc(Cl)cc1)NCC1CCCO1. The van der Waals surface area contributed by atoms with Crippen LogP contribution in [-0.2, 0) is 9.53 Å². The fraction of sp³-hybridized carbons (Fsp3) is 0.316. The molecule has 0 spiro atoms. The van der Waals surface area contributed by atoms with Gasteiger partial charge in [0.05, 0.1) is 23.1 Å². The molecule has 4 rings (SSSR count). The maximum Gasteiger partial charge on any atom is 0.276 e. The summed E-state index contributed by atoms with van der Waals surface area (Å²) in [5.41, 5.74) is 1.16. The number of nitrogens with one attached hydrogen (secondary N) is 1. The molecular weight excluding hydrogens is 418 g/mol. The average molecular weight is 436 g/mol. The van der Waals surface area contributed by atoms with Crippen LogP contribution in [-0.4, -0.2) is 40.5 Å². The zero-order chi connectivity index (χ0) is 19.5. The number of nitrogens with zero attached hydrogens (tertiary/aromatic N) is 2. The number of thiophene rings is 1. The van der Waals surface area contributed by atoms with Gasteiger partial charge in [-0.25, -0.2) is 4.98 Å². The van der Waals surface area contributed by atoms with Gasteiger partial charge in [0.1, 0.15) is 4.70 Å². The molecule has 0 saturated carbocycles. The lowest BCUT2D eigenvalue weighted by Gasteiger charge is -2.13. The van der Waals surface area contributed by atoms with Crippen molar-refractivity contribution in [3.05, 3.63) is 51.1 Å². The molecule has 9 heteroatoms. The first-order valence-electron chi connectivity index (χ1n) is 8.89. The minimum Gasteiger partial charge on any atom is -0.376 e. The first kappa shape index (κ1) is 19.4. The fourth-order valence-corrected chi connectivity index (χ4v) is 4.75. The number of amides is 1. The van der Waals surface area contributed by atoms with Crippen LogP contribution in [0, 0.1) is 0 Å². The molecule has 1 aliphatic heterocycles. The summed E-state index contributed by atoms with van der Waals surface area (Å²) in [5.74, 6) is 0.0605. The summed E-state index contributed by atoms with van der Waals surface area (Å²) >= 11 is 8.57. The van der Waals surface area contributed by atoms with Gasteiger partial charge < -0.3 is 10.1 Å². The highest BCUT2D eigenvalue weighted by molar-refractivity contribution is 7.99. The van der Waals surface area contributed by atoms with Crippen LogP contribution in [0.4, 0.5) is 0 Å². The maximum absolute atomic E-state index is 13.0. The van der Waals surface area contributed by atoms with Crippen molar-refractivity contribution in [1.29, 1.82) is 0 Å². The molecule has 1 unspecified atom stereocenters. The Morgan fingerprint density at radius 2 is 2.18 bits per heavy atom. The van der Waals surface area contributed by atoms with Crippen molar-refractivity contribution in [2.45, 2.75) is 24.1 Å². The van der Waals surface area contributed by atoms with Crippen molar-refractivity contribution in [1.82, 2.24) is 14.9 Å². The Bertz CT molecular complexity index is 1040. The van der Waals surface area contributed by atoms with Gasteiger partial charge in [0.25, 0.3) is 5.56 Å². The molecule has 1 aliphatic rings. The molecular formula is C19H18ClN3O3S2. The zero-order valence-electron chi connectivity index (χ0n) is 14.9. The number of carbonyl (C=O) groups is 1. The van der Waals surface area contributed by atoms with Crippen molar-refractivity contribution in [3.63, 3.8) is 0 Å². The molecule has 1 fully saturated rings. The normalized spacial score (nSPS) is 16.5. The van der Waals surface area contributed by atoms with Gasteiger partial charge >= 0.3 is 0 Å². The number of carbonyl (C=O) groups excluding carboxylic acids is 1. The van der Waals surface area contributed by atoms with E-state index in [0.717, 1.165) is 19.4 Å². The Balaban J connectivity index is 1.56. The van der Waals surface area contributed by atoms with Crippen LogP contribution in [0.15, 0.2) is 45.7 Å². The van der Waals surface area contributed by atoms with Crippen molar-refractivity contribution in [3.8, 4) is 5.69 Å². The fourth-order valence-electron chi connectivity index (χ4n) is 3.02. The number of hydrogen-bond acceptors (Lipinski definition) is 6. The summed E-state index contributed by atoms with van der Waals surface area (Å²) in [4.78, 5) is 29.9. The van der Waals surface area contributed by atoms with E-state index in [0.29, 0.717) is 32.6 Å². The van der Waals surface area contributed by atoms with Crippen LogP contribution in [0.5, 0.6) is 0 Å². The lowest BCUT2D eigenvalue weighted by Crippen LogP contribution is -2.33. The van der Waals surface area contributed by atoms with Crippen LogP contribution in [0.2, 0.25) is 5.02 Å². The minimum absolute atomic E-state index is 0.0986. The van der Waals surface area contributed by atoms with Gasteiger partial charge in [-0.2, -0.15) is 0 Å². The van der Waals surface area contributed by atoms with Crippen LogP contribution in [0.25, 0.3) is 15.9 Å². The minimum atomic E-state index is -0.149. The topological polar surface area (TPSA) is 73.2 Å². The number of thioether (sulfide) groups is 1. The molecule has 146 valence electrons. The van der Waals surface area contributed by atoms with Gasteiger partial charge in [-0.1, -0.05) is 23.4 Å². The Morgan fingerprint density at radius 3 is 2.93 bits per heavy atom. The summed E-state index contributed by atoms with van der Waals surface area (Å²) in [6.45, 7) is 1.27. The molecule has 1 atom stereocenters. The third-order valence-corrected chi connectivity index (χ3v) is 6.50. The summed E-state index contributed by atoms with van der Waals surface area (Å²) in [6.07, 6.45) is 2.11. The molecule has 0 radical (unpaired) electrons. The first-order chi connectivity index (χ1) is 13.6.